The number of fused-ring (bicyclic) bond motifs is 1. The standard InChI is InChI=1S/C12H16N4OS/c1-7-14-9-3-5-18-11(9)12(15-7)16-8-2-4-13-6-10(8)17/h3,5,8,10,13,17H,2,4,6H2,1H3,(H,14,15,16)/t8-,10-/m1/s1. The molecule has 0 unspecified atom stereocenters. The van der Waals surface area contributed by atoms with Gasteiger partial charge in [0, 0.05) is 6.54 Å². The first-order valence-electron chi connectivity index (χ1n) is 6.11. The number of nitrogens with one attached hydrogen (secondary N) is 2. The van der Waals surface area contributed by atoms with E-state index >= 15 is 0 Å². The molecule has 0 amide bonds. The summed E-state index contributed by atoms with van der Waals surface area (Å²) in [6, 6.07) is 2.06. The van der Waals surface area contributed by atoms with E-state index in [0.717, 1.165) is 34.8 Å². The SMILES string of the molecule is Cc1nc(N[C@@H]2CCNC[C@H]2O)c2sccc2n1. The van der Waals surface area contributed by atoms with Crippen LogP contribution >= 0.6 is 11.3 Å². The third kappa shape index (κ3) is 2.19. The van der Waals surface area contributed by atoms with Crippen LogP contribution in [0.2, 0.25) is 0 Å². The summed E-state index contributed by atoms with van der Waals surface area (Å²) in [4.78, 5) is 8.85. The normalized spacial score (nSPS) is 24.3. The molecule has 2 aromatic rings. The molecule has 1 fully saturated rings. The Morgan fingerprint density at radius 2 is 2.39 bits per heavy atom. The monoisotopic (exact) mass is 264 g/mol. The maximum absolute atomic E-state index is 9.96. The maximum atomic E-state index is 9.96. The fourth-order valence-corrected chi connectivity index (χ4v) is 3.05. The Morgan fingerprint density at radius 3 is 3.22 bits per heavy atom. The topological polar surface area (TPSA) is 70.1 Å². The van der Waals surface area contributed by atoms with Crippen molar-refractivity contribution in [2.75, 3.05) is 18.4 Å². The second kappa shape index (κ2) is 4.79. The molecular formula is C12H16N4OS. The summed E-state index contributed by atoms with van der Waals surface area (Å²) in [6.45, 7) is 3.45. The minimum absolute atomic E-state index is 0.0610. The van der Waals surface area contributed by atoms with Gasteiger partial charge < -0.3 is 15.7 Å². The van der Waals surface area contributed by atoms with E-state index in [1.54, 1.807) is 11.3 Å². The van der Waals surface area contributed by atoms with E-state index in [1.807, 2.05) is 18.4 Å². The van der Waals surface area contributed by atoms with Gasteiger partial charge in [-0.1, -0.05) is 0 Å². The average Bonchev–Trinajstić information content (AvgIpc) is 2.80. The fourth-order valence-electron chi connectivity index (χ4n) is 2.26. The summed E-state index contributed by atoms with van der Waals surface area (Å²) < 4.78 is 1.06. The highest BCUT2D eigenvalue weighted by Gasteiger charge is 2.23. The summed E-state index contributed by atoms with van der Waals surface area (Å²) in [5, 5.41) is 18.5. The third-order valence-corrected chi connectivity index (χ3v) is 4.10. The number of piperidine rings is 1. The van der Waals surface area contributed by atoms with Gasteiger partial charge in [0.05, 0.1) is 22.4 Å². The molecule has 96 valence electrons. The van der Waals surface area contributed by atoms with Gasteiger partial charge in [-0.2, -0.15) is 0 Å². The maximum Gasteiger partial charge on any atom is 0.148 e. The Labute approximate surface area is 109 Å². The lowest BCUT2D eigenvalue weighted by Crippen LogP contribution is -2.47. The van der Waals surface area contributed by atoms with Crippen molar-refractivity contribution < 1.29 is 5.11 Å². The number of rotatable bonds is 2. The van der Waals surface area contributed by atoms with Crippen LogP contribution in [0.5, 0.6) is 0 Å². The highest BCUT2D eigenvalue weighted by Crippen LogP contribution is 2.27. The minimum atomic E-state index is -0.371. The van der Waals surface area contributed by atoms with Gasteiger partial charge in [-0.05, 0) is 31.3 Å². The van der Waals surface area contributed by atoms with Crippen LogP contribution in [0.15, 0.2) is 11.4 Å². The molecule has 2 atom stereocenters. The molecular weight excluding hydrogens is 248 g/mol. The van der Waals surface area contributed by atoms with Gasteiger partial charge in [0.15, 0.2) is 0 Å². The Balaban J connectivity index is 1.91. The quantitative estimate of drug-likeness (QED) is 0.758. The summed E-state index contributed by atoms with van der Waals surface area (Å²) in [5.74, 6) is 1.60. The summed E-state index contributed by atoms with van der Waals surface area (Å²) in [6.07, 6.45) is 0.529. The van der Waals surface area contributed by atoms with Crippen LogP contribution in [0, 0.1) is 6.92 Å². The molecule has 18 heavy (non-hydrogen) atoms. The largest absolute Gasteiger partial charge is 0.390 e. The Kier molecular flexibility index (Phi) is 3.15. The molecule has 0 bridgehead atoms. The van der Waals surface area contributed by atoms with Gasteiger partial charge in [0.25, 0.3) is 0 Å². The molecule has 3 N–H and O–H groups in total. The molecule has 1 saturated heterocycles. The van der Waals surface area contributed by atoms with Crippen LogP contribution in [-0.2, 0) is 0 Å². The zero-order valence-corrected chi connectivity index (χ0v) is 11.0. The van der Waals surface area contributed by atoms with Gasteiger partial charge in [-0.3, -0.25) is 0 Å². The number of aryl methyl sites for hydroxylation is 1. The molecule has 0 saturated carbocycles. The van der Waals surface area contributed by atoms with Gasteiger partial charge >= 0.3 is 0 Å². The number of hydrogen-bond acceptors (Lipinski definition) is 6. The lowest BCUT2D eigenvalue weighted by molar-refractivity contribution is 0.128. The Morgan fingerprint density at radius 1 is 1.50 bits per heavy atom. The number of thiophene rings is 1. The van der Waals surface area contributed by atoms with Crippen LogP contribution in [0.1, 0.15) is 12.2 Å². The van der Waals surface area contributed by atoms with Crippen molar-refractivity contribution in [2.45, 2.75) is 25.5 Å². The highest BCUT2D eigenvalue weighted by molar-refractivity contribution is 7.17. The number of nitrogens with zero attached hydrogens (tertiary/aromatic N) is 2. The molecule has 5 nitrogen and oxygen atoms in total. The first-order chi connectivity index (χ1) is 8.74. The van der Waals surface area contributed by atoms with Crippen LogP contribution in [-0.4, -0.2) is 40.3 Å². The number of aromatic nitrogens is 2. The van der Waals surface area contributed by atoms with Crippen molar-refractivity contribution in [2.24, 2.45) is 0 Å². The van der Waals surface area contributed by atoms with Crippen molar-refractivity contribution in [3.05, 3.63) is 17.3 Å². The van der Waals surface area contributed by atoms with E-state index in [-0.39, 0.29) is 12.1 Å². The van der Waals surface area contributed by atoms with Gasteiger partial charge in [0.1, 0.15) is 11.6 Å². The number of aliphatic hydroxyl groups excluding tert-OH is 1. The Hall–Kier alpha value is -1.24. The van der Waals surface area contributed by atoms with Crippen molar-refractivity contribution in [1.29, 1.82) is 0 Å². The molecule has 0 aliphatic carbocycles. The molecule has 3 rings (SSSR count). The van der Waals surface area contributed by atoms with E-state index < -0.39 is 0 Å². The highest BCUT2D eigenvalue weighted by atomic mass is 32.1. The van der Waals surface area contributed by atoms with Crippen LogP contribution in [0.4, 0.5) is 5.82 Å². The Bertz CT molecular complexity index is 556. The van der Waals surface area contributed by atoms with Gasteiger partial charge in [0.2, 0.25) is 0 Å². The van der Waals surface area contributed by atoms with E-state index in [1.165, 1.54) is 0 Å². The van der Waals surface area contributed by atoms with E-state index in [4.69, 9.17) is 0 Å². The second-order valence-corrected chi connectivity index (χ2v) is 5.48. The second-order valence-electron chi connectivity index (χ2n) is 4.57. The molecule has 1 aliphatic rings. The summed E-state index contributed by atoms with van der Waals surface area (Å²) in [7, 11) is 0. The first kappa shape index (κ1) is 11.8. The van der Waals surface area contributed by atoms with Gasteiger partial charge in [-0.25, -0.2) is 9.97 Å². The van der Waals surface area contributed by atoms with Crippen molar-refractivity contribution in [3.63, 3.8) is 0 Å². The number of anilines is 1. The number of aliphatic hydroxyl groups is 1. The smallest absolute Gasteiger partial charge is 0.148 e. The molecule has 0 radical (unpaired) electrons. The van der Waals surface area contributed by atoms with E-state index in [0.29, 0.717) is 6.54 Å². The summed E-state index contributed by atoms with van der Waals surface area (Å²) >= 11 is 1.63. The molecule has 0 spiro atoms. The predicted molar refractivity (Wildman–Crippen MR) is 73.1 cm³/mol. The molecule has 1 aliphatic heterocycles. The predicted octanol–water partition coefficient (Wildman–Crippen LogP) is 1.13. The minimum Gasteiger partial charge on any atom is -0.390 e. The third-order valence-electron chi connectivity index (χ3n) is 3.19. The average molecular weight is 264 g/mol. The van der Waals surface area contributed by atoms with Crippen molar-refractivity contribution in [1.82, 2.24) is 15.3 Å². The van der Waals surface area contributed by atoms with E-state index in [9.17, 15) is 5.11 Å². The lowest BCUT2D eigenvalue weighted by Gasteiger charge is -2.29. The van der Waals surface area contributed by atoms with Crippen molar-refractivity contribution in [3.8, 4) is 0 Å². The van der Waals surface area contributed by atoms with Crippen LogP contribution in [0.3, 0.4) is 0 Å². The van der Waals surface area contributed by atoms with Crippen LogP contribution < -0.4 is 10.6 Å². The number of hydrogen-bond donors (Lipinski definition) is 3. The zero-order chi connectivity index (χ0) is 12.5. The van der Waals surface area contributed by atoms with Gasteiger partial charge in [-0.15, -0.1) is 11.3 Å². The molecule has 6 heteroatoms. The zero-order valence-electron chi connectivity index (χ0n) is 10.2. The molecule has 2 aromatic heterocycles. The van der Waals surface area contributed by atoms with Crippen molar-refractivity contribution >= 4 is 27.4 Å². The van der Waals surface area contributed by atoms with Crippen LogP contribution in [0.25, 0.3) is 10.2 Å². The number of β-amino-alcohol motifs (C(OH)–C–C–N with tert-alkyl or cyclic N) is 1. The molecule has 0 aromatic carbocycles. The lowest BCUT2D eigenvalue weighted by atomic mass is 10.0. The molecule has 3 heterocycles. The first-order valence-corrected chi connectivity index (χ1v) is 6.99. The fraction of sp³-hybridized carbons (Fsp3) is 0.500. The van der Waals surface area contributed by atoms with E-state index in [2.05, 4.69) is 20.6 Å². The summed E-state index contributed by atoms with van der Waals surface area (Å²) in [5.41, 5.74) is 0.971.